The second-order valence-electron chi connectivity index (χ2n) is 5.36. The van der Waals surface area contributed by atoms with Gasteiger partial charge >= 0.3 is 0 Å². The Labute approximate surface area is 138 Å². The van der Waals surface area contributed by atoms with Crippen molar-refractivity contribution in [2.45, 2.75) is 39.3 Å². The van der Waals surface area contributed by atoms with Crippen molar-refractivity contribution in [3.63, 3.8) is 0 Å². The standard InChI is InChI=1S/C16H25N3O2.ClH/c1-11-5-7-14(8-6-11)15(19-13(3)20)9-16(21)18-10-12(2)17-4;/h5-8,12,15,17H,9-10H2,1-4H3,(H,18,21)(H,19,20);1H. The molecule has 0 fully saturated rings. The summed E-state index contributed by atoms with van der Waals surface area (Å²) >= 11 is 0. The Bertz CT molecular complexity index is 477. The van der Waals surface area contributed by atoms with E-state index in [4.69, 9.17) is 0 Å². The van der Waals surface area contributed by atoms with Crippen LogP contribution in [0, 0.1) is 6.92 Å². The lowest BCUT2D eigenvalue weighted by Gasteiger charge is -2.19. The highest BCUT2D eigenvalue weighted by molar-refractivity contribution is 5.85. The smallest absolute Gasteiger partial charge is 0.222 e. The Morgan fingerprint density at radius 3 is 2.27 bits per heavy atom. The van der Waals surface area contributed by atoms with E-state index in [0.29, 0.717) is 6.54 Å². The van der Waals surface area contributed by atoms with Crippen molar-refractivity contribution in [1.82, 2.24) is 16.0 Å². The number of rotatable bonds is 7. The minimum absolute atomic E-state index is 0. The van der Waals surface area contributed by atoms with Crippen LogP contribution in [0.2, 0.25) is 0 Å². The Morgan fingerprint density at radius 2 is 1.77 bits per heavy atom. The van der Waals surface area contributed by atoms with Gasteiger partial charge in [0.15, 0.2) is 0 Å². The summed E-state index contributed by atoms with van der Waals surface area (Å²) in [5.41, 5.74) is 2.08. The molecule has 1 rings (SSSR count). The van der Waals surface area contributed by atoms with Crippen LogP contribution in [0.1, 0.15) is 37.4 Å². The topological polar surface area (TPSA) is 70.2 Å². The van der Waals surface area contributed by atoms with Gasteiger partial charge in [-0.15, -0.1) is 12.4 Å². The summed E-state index contributed by atoms with van der Waals surface area (Å²) in [6.45, 7) is 6.02. The van der Waals surface area contributed by atoms with Crippen molar-refractivity contribution in [3.8, 4) is 0 Å². The molecule has 0 radical (unpaired) electrons. The average molecular weight is 328 g/mol. The minimum Gasteiger partial charge on any atom is -0.354 e. The Kier molecular flexibility index (Phi) is 9.45. The number of hydrogen-bond acceptors (Lipinski definition) is 3. The molecule has 3 N–H and O–H groups in total. The van der Waals surface area contributed by atoms with Crippen LogP contribution in [0.4, 0.5) is 0 Å². The monoisotopic (exact) mass is 327 g/mol. The lowest BCUT2D eigenvalue weighted by Crippen LogP contribution is -2.39. The molecule has 22 heavy (non-hydrogen) atoms. The van der Waals surface area contributed by atoms with Crippen molar-refractivity contribution < 1.29 is 9.59 Å². The van der Waals surface area contributed by atoms with Gasteiger partial charge in [0.05, 0.1) is 12.5 Å². The Morgan fingerprint density at radius 1 is 1.18 bits per heavy atom. The van der Waals surface area contributed by atoms with Gasteiger partial charge in [-0.3, -0.25) is 9.59 Å². The number of likely N-dealkylation sites (N-methyl/N-ethyl adjacent to an activating group) is 1. The second kappa shape index (κ2) is 10.2. The molecule has 0 saturated carbocycles. The highest BCUT2D eigenvalue weighted by atomic mass is 35.5. The van der Waals surface area contributed by atoms with Gasteiger partial charge in [-0.25, -0.2) is 0 Å². The van der Waals surface area contributed by atoms with Crippen LogP contribution in [-0.4, -0.2) is 31.4 Å². The fraction of sp³-hybridized carbons (Fsp3) is 0.500. The predicted molar refractivity (Wildman–Crippen MR) is 91.1 cm³/mol. The van der Waals surface area contributed by atoms with E-state index < -0.39 is 0 Å². The fourth-order valence-electron chi connectivity index (χ4n) is 1.92. The SMILES string of the molecule is CNC(C)CNC(=O)CC(NC(C)=O)c1ccc(C)cc1.Cl. The zero-order chi connectivity index (χ0) is 15.8. The lowest BCUT2D eigenvalue weighted by molar-refractivity contribution is -0.122. The molecular formula is C16H26ClN3O2. The molecule has 1 aromatic carbocycles. The van der Waals surface area contributed by atoms with Crippen LogP contribution in [0.25, 0.3) is 0 Å². The molecule has 2 unspecified atom stereocenters. The number of carbonyl (C=O) groups is 2. The van der Waals surface area contributed by atoms with Gasteiger partial charge in [0.25, 0.3) is 0 Å². The summed E-state index contributed by atoms with van der Waals surface area (Å²) in [7, 11) is 1.85. The van der Waals surface area contributed by atoms with Gasteiger partial charge in [-0.2, -0.15) is 0 Å². The second-order valence-corrected chi connectivity index (χ2v) is 5.36. The summed E-state index contributed by atoms with van der Waals surface area (Å²) < 4.78 is 0. The molecule has 0 aliphatic heterocycles. The lowest BCUT2D eigenvalue weighted by atomic mass is 10.0. The van der Waals surface area contributed by atoms with Crippen molar-refractivity contribution in [2.75, 3.05) is 13.6 Å². The van der Waals surface area contributed by atoms with Crippen LogP contribution in [0.5, 0.6) is 0 Å². The van der Waals surface area contributed by atoms with Crippen molar-refractivity contribution >= 4 is 24.2 Å². The molecule has 0 aliphatic rings. The summed E-state index contributed by atoms with van der Waals surface area (Å²) in [4.78, 5) is 23.3. The molecule has 0 aliphatic carbocycles. The highest BCUT2D eigenvalue weighted by Gasteiger charge is 2.17. The van der Waals surface area contributed by atoms with Gasteiger partial charge in [0, 0.05) is 19.5 Å². The first-order valence-corrected chi connectivity index (χ1v) is 7.20. The van der Waals surface area contributed by atoms with E-state index in [9.17, 15) is 9.59 Å². The molecule has 2 atom stereocenters. The van der Waals surface area contributed by atoms with Gasteiger partial charge in [0.2, 0.25) is 11.8 Å². The van der Waals surface area contributed by atoms with E-state index in [1.165, 1.54) is 6.92 Å². The van der Waals surface area contributed by atoms with E-state index in [0.717, 1.165) is 11.1 Å². The number of benzene rings is 1. The van der Waals surface area contributed by atoms with Gasteiger partial charge < -0.3 is 16.0 Å². The maximum absolute atomic E-state index is 12.0. The maximum Gasteiger partial charge on any atom is 0.222 e. The molecule has 0 spiro atoms. The number of hydrogen-bond donors (Lipinski definition) is 3. The average Bonchev–Trinajstić information content (AvgIpc) is 2.44. The first-order chi connectivity index (χ1) is 9.92. The quantitative estimate of drug-likeness (QED) is 0.714. The maximum atomic E-state index is 12.0. The summed E-state index contributed by atoms with van der Waals surface area (Å²) in [6.07, 6.45) is 0.235. The number of amides is 2. The molecule has 6 heteroatoms. The van der Waals surface area contributed by atoms with Crippen LogP contribution in [-0.2, 0) is 9.59 Å². The third-order valence-corrected chi connectivity index (χ3v) is 3.34. The molecule has 0 bridgehead atoms. The fourth-order valence-corrected chi connectivity index (χ4v) is 1.92. The Hall–Kier alpha value is -1.59. The first-order valence-electron chi connectivity index (χ1n) is 7.20. The largest absolute Gasteiger partial charge is 0.354 e. The van der Waals surface area contributed by atoms with Gasteiger partial charge in [-0.1, -0.05) is 29.8 Å². The summed E-state index contributed by atoms with van der Waals surface area (Å²) in [6, 6.07) is 7.76. The number of nitrogens with one attached hydrogen (secondary N) is 3. The predicted octanol–water partition coefficient (Wildman–Crippen LogP) is 1.71. The van der Waals surface area contributed by atoms with Crippen molar-refractivity contribution in [3.05, 3.63) is 35.4 Å². The highest BCUT2D eigenvalue weighted by Crippen LogP contribution is 2.17. The van der Waals surface area contributed by atoms with Crippen LogP contribution >= 0.6 is 12.4 Å². The van der Waals surface area contributed by atoms with E-state index in [1.807, 2.05) is 45.2 Å². The molecule has 0 aromatic heterocycles. The van der Waals surface area contributed by atoms with E-state index in [-0.39, 0.29) is 42.7 Å². The van der Waals surface area contributed by atoms with E-state index in [1.54, 1.807) is 0 Å². The molecule has 0 saturated heterocycles. The molecule has 124 valence electrons. The first kappa shape index (κ1) is 20.4. The minimum atomic E-state index is -0.298. The molecule has 1 aromatic rings. The normalized spacial score (nSPS) is 12.7. The zero-order valence-electron chi connectivity index (χ0n) is 13.6. The third-order valence-electron chi connectivity index (χ3n) is 3.34. The molecule has 5 nitrogen and oxygen atoms in total. The van der Waals surface area contributed by atoms with Crippen LogP contribution < -0.4 is 16.0 Å². The summed E-state index contributed by atoms with van der Waals surface area (Å²) in [5.74, 6) is -0.214. The van der Waals surface area contributed by atoms with Crippen LogP contribution in [0.15, 0.2) is 24.3 Å². The molecular weight excluding hydrogens is 302 g/mol. The number of halogens is 1. The van der Waals surface area contributed by atoms with Gasteiger partial charge in [-0.05, 0) is 26.5 Å². The van der Waals surface area contributed by atoms with Crippen molar-refractivity contribution in [2.24, 2.45) is 0 Å². The zero-order valence-corrected chi connectivity index (χ0v) is 14.4. The van der Waals surface area contributed by atoms with Gasteiger partial charge in [0.1, 0.15) is 0 Å². The molecule has 0 heterocycles. The number of carbonyl (C=O) groups excluding carboxylic acids is 2. The third kappa shape index (κ3) is 7.43. The Balaban J connectivity index is 0.00000441. The van der Waals surface area contributed by atoms with E-state index >= 15 is 0 Å². The summed E-state index contributed by atoms with van der Waals surface area (Å²) in [5, 5.41) is 8.76. The van der Waals surface area contributed by atoms with Crippen molar-refractivity contribution in [1.29, 1.82) is 0 Å². The van der Waals surface area contributed by atoms with Crippen LogP contribution in [0.3, 0.4) is 0 Å². The van der Waals surface area contributed by atoms with E-state index in [2.05, 4.69) is 16.0 Å². The number of aryl methyl sites for hydroxylation is 1. The molecule has 2 amide bonds.